The molecular formula is C17H14FN3. The average Bonchev–Trinajstić information content (AvgIpc) is 2.50. The fourth-order valence-electron chi connectivity index (χ4n) is 2.11. The summed E-state index contributed by atoms with van der Waals surface area (Å²) in [7, 11) is 1.89. The normalized spacial score (nSPS) is 10.1. The fourth-order valence-corrected chi connectivity index (χ4v) is 2.11. The number of halogens is 1. The van der Waals surface area contributed by atoms with E-state index in [0.717, 1.165) is 5.56 Å². The molecule has 0 aromatic heterocycles. The van der Waals surface area contributed by atoms with E-state index in [9.17, 15) is 4.39 Å². The lowest BCUT2D eigenvalue weighted by molar-refractivity contribution is 0.313. The van der Waals surface area contributed by atoms with Gasteiger partial charge in [0.15, 0.2) is 0 Å². The van der Waals surface area contributed by atoms with Gasteiger partial charge < -0.3 is 0 Å². The molecular weight excluding hydrogens is 265 g/mol. The van der Waals surface area contributed by atoms with E-state index in [1.807, 2.05) is 30.1 Å². The summed E-state index contributed by atoms with van der Waals surface area (Å²) in [5, 5.41) is 17.6. The number of benzene rings is 2. The fraction of sp³-hybridized carbons (Fsp3) is 0.176. The minimum absolute atomic E-state index is 0.305. The van der Waals surface area contributed by atoms with Gasteiger partial charge in [0.25, 0.3) is 0 Å². The van der Waals surface area contributed by atoms with Gasteiger partial charge in [0.05, 0.1) is 23.3 Å². The van der Waals surface area contributed by atoms with Crippen molar-refractivity contribution in [1.82, 2.24) is 4.90 Å². The molecule has 0 amide bonds. The van der Waals surface area contributed by atoms with E-state index in [1.54, 1.807) is 18.2 Å². The largest absolute Gasteiger partial charge is 0.298 e. The maximum absolute atomic E-state index is 13.7. The first-order valence-electron chi connectivity index (χ1n) is 6.48. The Hall–Kier alpha value is -2.69. The van der Waals surface area contributed by atoms with E-state index in [-0.39, 0.29) is 5.82 Å². The van der Waals surface area contributed by atoms with Crippen LogP contribution in [0.5, 0.6) is 0 Å². The van der Waals surface area contributed by atoms with E-state index in [4.69, 9.17) is 10.5 Å². The molecule has 0 radical (unpaired) electrons. The van der Waals surface area contributed by atoms with Crippen molar-refractivity contribution in [2.24, 2.45) is 0 Å². The smallest absolute Gasteiger partial charge is 0.127 e. The molecule has 0 aliphatic carbocycles. The zero-order chi connectivity index (χ0) is 15.2. The van der Waals surface area contributed by atoms with Gasteiger partial charge in [0.2, 0.25) is 0 Å². The Bertz CT molecular complexity index is 708. The van der Waals surface area contributed by atoms with Crippen molar-refractivity contribution < 1.29 is 4.39 Å². The lowest BCUT2D eigenvalue weighted by Crippen LogP contribution is -2.18. The standard InChI is InChI=1S/C17H14FN3/c1-21(11-14-4-2-13(9-19)3-5-14)12-16-8-15(10-20)6-7-17(16)18/h2-8H,11-12H2,1H3. The molecule has 2 rings (SSSR count). The Balaban J connectivity index is 2.06. The van der Waals surface area contributed by atoms with Crippen LogP contribution in [-0.4, -0.2) is 11.9 Å². The highest BCUT2D eigenvalue weighted by Gasteiger charge is 2.08. The summed E-state index contributed by atoms with van der Waals surface area (Å²) >= 11 is 0. The van der Waals surface area contributed by atoms with Gasteiger partial charge in [-0.3, -0.25) is 4.90 Å². The molecule has 0 unspecified atom stereocenters. The Morgan fingerprint density at radius 2 is 1.57 bits per heavy atom. The lowest BCUT2D eigenvalue weighted by Gasteiger charge is -2.17. The minimum Gasteiger partial charge on any atom is -0.298 e. The molecule has 0 spiro atoms. The number of hydrogen-bond donors (Lipinski definition) is 0. The van der Waals surface area contributed by atoms with Crippen LogP contribution in [0.15, 0.2) is 42.5 Å². The molecule has 0 heterocycles. The van der Waals surface area contributed by atoms with E-state index < -0.39 is 0 Å². The van der Waals surface area contributed by atoms with Crippen molar-refractivity contribution >= 4 is 0 Å². The third kappa shape index (κ3) is 3.89. The van der Waals surface area contributed by atoms with Crippen molar-refractivity contribution in [1.29, 1.82) is 10.5 Å². The molecule has 21 heavy (non-hydrogen) atoms. The zero-order valence-electron chi connectivity index (χ0n) is 11.7. The summed E-state index contributed by atoms with van der Waals surface area (Å²) < 4.78 is 13.7. The van der Waals surface area contributed by atoms with Crippen molar-refractivity contribution in [3.63, 3.8) is 0 Å². The quantitative estimate of drug-likeness (QED) is 0.863. The van der Waals surface area contributed by atoms with Crippen LogP contribution in [0.1, 0.15) is 22.3 Å². The summed E-state index contributed by atoms with van der Waals surface area (Å²) in [5.41, 5.74) is 2.63. The molecule has 0 saturated heterocycles. The first-order valence-corrected chi connectivity index (χ1v) is 6.48. The molecule has 3 nitrogen and oxygen atoms in total. The van der Waals surface area contributed by atoms with Crippen molar-refractivity contribution in [3.05, 3.63) is 70.5 Å². The highest BCUT2D eigenvalue weighted by Crippen LogP contribution is 2.14. The monoisotopic (exact) mass is 279 g/mol. The van der Waals surface area contributed by atoms with Crippen LogP contribution in [0.25, 0.3) is 0 Å². The molecule has 0 aliphatic heterocycles. The topological polar surface area (TPSA) is 50.8 Å². The van der Waals surface area contributed by atoms with Crippen LogP contribution in [0.4, 0.5) is 4.39 Å². The van der Waals surface area contributed by atoms with Gasteiger partial charge in [0.1, 0.15) is 5.82 Å². The third-order valence-electron chi connectivity index (χ3n) is 3.15. The summed E-state index contributed by atoms with van der Waals surface area (Å²) in [4.78, 5) is 1.96. The summed E-state index contributed by atoms with van der Waals surface area (Å²) in [6.07, 6.45) is 0. The second kappa shape index (κ2) is 6.65. The van der Waals surface area contributed by atoms with E-state index in [1.165, 1.54) is 12.1 Å². The molecule has 104 valence electrons. The van der Waals surface area contributed by atoms with Crippen LogP contribution in [-0.2, 0) is 13.1 Å². The van der Waals surface area contributed by atoms with Gasteiger partial charge in [-0.2, -0.15) is 10.5 Å². The predicted octanol–water partition coefficient (Wildman–Crippen LogP) is 3.20. The summed E-state index contributed by atoms with van der Waals surface area (Å²) in [6.45, 7) is 1.06. The molecule has 0 fully saturated rings. The summed E-state index contributed by atoms with van der Waals surface area (Å²) in [5.74, 6) is -0.305. The van der Waals surface area contributed by atoms with Gasteiger partial charge in [0, 0.05) is 18.7 Å². The minimum atomic E-state index is -0.305. The number of nitrogens with zero attached hydrogens (tertiary/aromatic N) is 3. The van der Waals surface area contributed by atoms with Crippen LogP contribution in [0, 0.1) is 28.5 Å². The predicted molar refractivity (Wildman–Crippen MR) is 77.4 cm³/mol. The Morgan fingerprint density at radius 1 is 0.952 bits per heavy atom. The molecule has 4 heteroatoms. The van der Waals surface area contributed by atoms with Crippen LogP contribution in [0.3, 0.4) is 0 Å². The summed E-state index contributed by atoms with van der Waals surface area (Å²) in [6, 6.07) is 15.8. The van der Waals surface area contributed by atoms with Crippen molar-refractivity contribution in [2.75, 3.05) is 7.05 Å². The molecule has 0 bridgehead atoms. The number of nitriles is 2. The Labute approximate surface area is 123 Å². The maximum Gasteiger partial charge on any atom is 0.127 e. The third-order valence-corrected chi connectivity index (χ3v) is 3.15. The average molecular weight is 279 g/mol. The number of rotatable bonds is 4. The molecule has 2 aromatic carbocycles. The molecule has 0 aliphatic rings. The SMILES string of the molecule is CN(Cc1ccc(C#N)cc1)Cc1cc(C#N)ccc1F. The molecule has 0 N–H and O–H groups in total. The van der Waals surface area contributed by atoms with E-state index in [0.29, 0.717) is 29.8 Å². The van der Waals surface area contributed by atoms with Crippen molar-refractivity contribution in [3.8, 4) is 12.1 Å². The van der Waals surface area contributed by atoms with Gasteiger partial charge in [-0.25, -0.2) is 4.39 Å². The first-order chi connectivity index (χ1) is 10.1. The first kappa shape index (κ1) is 14.7. The maximum atomic E-state index is 13.7. The van der Waals surface area contributed by atoms with E-state index in [2.05, 4.69) is 6.07 Å². The molecule has 0 saturated carbocycles. The van der Waals surface area contributed by atoms with E-state index >= 15 is 0 Å². The Morgan fingerprint density at radius 3 is 2.19 bits per heavy atom. The van der Waals surface area contributed by atoms with Crippen LogP contribution < -0.4 is 0 Å². The van der Waals surface area contributed by atoms with Gasteiger partial charge in [-0.05, 0) is 42.9 Å². The Kier molecular flexibility index (Phi) is 4.66. The second-order valence-corrected chi connectivity index (χ2v) is 4.90. The van der Waals surface area contributed by atoms with Gasteiger partial charge in [-0.1, -0.05) is 12.1 Å². The van der Waals surface area contributed by atoms with Gasteiger partial charge in [-0.15, -0.1) is 0 Å². The van der Waals surface area contributed by atoms with Crippen LogP contribution >= 0.6 is 0 Å². The van der Waals surface area contributed by atoms with Crippen LogP contribution in [0.2, 0.25) is 0 Å². The highest BCUT2D eigenvalue weighted by atomic mass is 19.1. The molecule has 2 aromatic rings. The van der Waals surface area contributed by atoms with Gasteiger partial charge >= 0.3 is 0 Å². The highest BCUT2D eigenvalue weighted by molar-refractivity contribution is 5.34. The second-order valence-electron chi connectivity index (χ2n) is 4.90. The molecule has 0 atom stereocenters. The van der Waals surface area contributed by atoms with Crippen molar-refractivity contribution in [2.45, 2.75) is 13.1 Å². The number of hydrogen-bond acceptors (Lipinski definition) is 3. The zero-order valence-corrected chi connectivity index (χ0v) is 11.7. The lowest BCUT2D eigenvalue weighted by atomic mass is 10.1.